The summed E-state index contributed by atoms with van der Waals surface area (Å²) in [5.74, 6) is -0.424. The fourth-order valence-electron chi connectivity index (χ4n) is 2.11. The maximum atomic E-state index is 12.6. The van der Waals surface area contributed by atoms with Gasteiger partial charge >= 0.3 is 5.56 Å². The van der Waals surface area contributed by atoms with Crippen LogP contribution in [0.15, 0.2) is 41.7 Å². The number of aromatic nitrogens is 4. The van der Waals surface area contributed by atoms with Gasteiger partial charge in [-0.15, -0.1) is 0 Å². The van der Waals surface area contributed by atoms with Gasteiger partial charge in [-0.2, -0.15) is 0 Å². The largest absolute Gasteiger partial charge is 0.313 e. The van der Waals surface area contributed by atoms with Gasteiger partial charge in [0.2, 0.25) is 15.8 Å². The minimum absolute atomic E-state index is 0.131. The number of imidazole rings is 1. The Hall–Kier alpha value is -3.28. The summed E-state index contributed by atoms with van der Waals surface area (Å²) in [5.41, 5.74) is -0.709. The highest BCUT2D eigenvalue weighted by Gasteiger charge is 2.17. The normalized spacial score (nSPS) is 11.5. The molecule has 0 aliphatic heterocycles. The molecule has 3 rings (SSSR count). The van der Waals surface area contributed by atoms with Crippen LogP contribution in [0.25, 0.3) is 11.0 Å². The molecule has 24 heavy (non-hydrogen) atoms. The quantitative estimate of drug-likeness (QED) is 0.522. The standard InChI is InChI=1S/C12H10N6O5S/c1-24(22,23)15-11-12(19)17(16-5-4-13-7-16)10-6-8(18(20)21)2-3-9(10)14-11/h2-7H,1H3,(H,14,15). The highest BCUT2D eigenvalue weighted by Crippen LogP contribution is 2.20. The zero-order valence-corrected chi connectivity index (χ0v) is 13.0. The molecule has 0 amide bonds. The van der Waals surface area contributed by atoms with Crippen molar-refractivity contribution in [2.24, 2.45) is 0 Å². The summed E-state index contributed by atoms with van der Waals surface area (Å²) < 4.78 is 27.2. The molecule has 0 saturated heterocycles. The van der Waals surface area contributed by atoms with Gasteiger partial charge in [0.15, 0.2) is 0 Å². The first-order chi connectivity index (χ1) is 11.3. The molecule has 1 N–H and O–H groups in total. The van der Waals surface area contributed by atoms with Crippen LogP contribution in [0.1, 0.15) is 0 Å². The minimum atomic E-state index is -3.73. The van der Waals surface area contributed by atoms with Crippen LogP contribution in [0.5, 0.6) is 0 Å². The van der Waals surface area contributed by atoms with E-state index in [1.807, 2.05) is 4.72 Å². The van der Waals surface area contributed by atoms with Crippen molar-refractivity contribution >= 4 is 32.6 Å². The van der Waals surface area contributed by atoms with Gasteiger partial charge in [-0.1, -0.05) is 0 Å². The van der Waals surface area contributed by atoms with Crippen molar-refractivity contribution in [1.82, 2.24) is 19.3 Å². The maximum absolute atomic E-state index is 12.6. The van der Waals surface area contributed by atoms with Gasteiger partial charge in [0.1, 0.15) is 6.33 Å². The zero-order chi connectivity index (χ0) is 17.5. The summed E-state index contributed by atoms with van der Waals surface area (Å²) in [7, 11) is -3.73. The Morgan fingerprint density at radius 3 is 2.67 bits per heavy atom. The maximum Gasteiger partial charge on any atom is 0.313 e. The van der Waals surface area contributed by atoms with Gasteiger partial charge in [0.05, 0.1) is 22.2 Å². The van der Waals surface area contributed by atoms with Crippen LogP contribution in [0.2, 0.25) is 0 Å². The number of hydrogen-bond donors (Lipinski definition) is 1. The molecule has 3 aromatic rings. The number of nitrogens with zero attached hydrogens (tertiary/aromatic N) is 5. The molecule has 0 aliphatic rings. The molecule has 2 aromatic heterocycles. The van der Waals surface area contributed by atoms with Gasteiger partial charge in [-0.25, -0.2) is 27.7 Å². The van der Waals surface area contributed by atoms with Gasteiger partial charge in [0, 0.05) is 24.5 Å². The molecular formula is C12H10N6O5S. The van der Waals surface area contributed by atoms with Crippen molar-refractivity contribution in [3.63, 3.8) is 0 Å². The van der Waals surface area contributed by atoms with Gasteiger partial charge < -0.3 is 0 Å². The molecule has 0 unspecified atom stereocenters. The number of hydrogen-bond acceptors (Lipinski definition) is 7. The lowest BCUT2D eigenvalue weighted by Crippen LogP contribution is -2.30. The molecule has 0 atom stereocenters. The van der Waals surface area contributed by atoms with Gasteiger partial charge in [-0.3, -0.25) is 19.6 Å². The van der Waals surface area contributed by atoms with E-state index in [2.05, 4.69) is 9.97 Å². The van der Waals surface area contributed by atoms with Crippen molar-refractivity contribution in [2.75, 3.05) is 11.0 Å². The second kappa shape index (κ2) is 5.42. The zero-order valence-electron chi connectivity index (χ0n) is 12.1. The predicted octanol–water partition coefficient (Wildman–Crippen LogP) is 0.184. The Morgan fingerprint density at radius 1 is 1.33 bits per heavy atom. The summed E-state index contributed by atoms with van der Waals surface area (Å²) in [6, 6.07) is 3.71. The first-order valence-electron chi connectivity index (χ1n) is 6.44. The molecule has 124 valence electrons. The number of anilines is 1. The third kappa shape index (κ3) is 2.81. The smallest absolute Gasteiger partial charge is 0.263 e. The predicted molar refractivity (Wildman–Crippen MR) is 84.1 cm³/mol. The van der Waals surface area contributed by atoms with Crippen LogP contribution < -0.4 is 10.3 Å². The molecule has 0 radical (unpaired) electrons. The van der Waals surface area contributed by atoms with Crippen molar-refractivity contribution < 1.29 is 13.3 Å². The number of sulfonamides is 1. The average Bonchev–Trinajstić information content (AvgIpc) is 3.00. The molecular weight excluding hydrogens is 340 g/mol. The van der Waals surface area contributed by atoms with Crippen LogP contribution in [0.3, 0.4) is 0 Å². The minimum Gasteiger partial charge on any atom is -0.263 e. The highest BCUT2D eigenvalue weighted by atomic mass is 32.2. The second-order valence-electron chi connectivity index (χ2n) is 4.82. The Balaban J connectivity index is 2.40. The monoisotopic (exact) mass is 350 g/mol. The van der Waals surface area contributed by atoms with E-state index < -0.39 is 26.3 Å². The van der Waals surface area contributed by atoms with E-state index in [1.165, 1.54) is 41.6 Å². The van der Waals surface area contributed by atoms with Crippen molar-refractivity contribution in [3.8, 4) is 0 Å². The lowest BCUT2D eigenvalue weighted by atomic mass is 10.2. The number of benzene rings is 1. The molecule has 0 aliphatic carbocycles. The first-order valence-corrected chi connectivity index (χ1v) is 8.33. The number of rotatable bonds is 4. The van der Waals surface area contributed by atoms with Crippen molar-refractivity contribution in [3.05, 3.63) is 57.4 Å². The lowest BCUT2D eigenvalue weighted by molar-refractivity contribution is -0.384. The van der Waals surface area contributed by atoms with Gasteiger partial charge in [0.25, 0.3) is 5.69 Å². The fourth-order valence-corrected chi connectivity index (χ4v) is 2.59. The number of fused-ring (bicyclic) bond motifs is 1. The van der Waals surface area contributed by atoms with E-state index in [1.54, 1.807) is 0 Å². The summed E-state index contributed by atoms with van der Waals surface area (Å²) in [5, 5.41) is 11.0. The molecule has 1 aromatic carbocycles. The Labute approximate surface area is 134 Å². The summed E-state index contributed by atoms with van der Waals surface area (Å²) in [6.45, 7) is 0. The molecule has 2 heterocycles. The van der Waals surface area contributed by atoms with E-state index in [-0.39, 0.29) is 16.7 Å². The summed E-state index contributed by atoms with van der Waals surface area (Å²) in [6.07, 6.45) is 5.02. The second-order valence-corrected chi connectivity index (χ2v) is 6.57. The van der Waals surface area contributed by atoms with Gasteiger partial charge in [-0.05, 0) is 6.07 Å². The number of nitrogens with one attached hydrogen (secondary N) is 1. The first kappa shape index (κ1) is 15.6. The average molecular weight is 350 g/mol. The van der Waals surface area contributed by atoms with Crippen LogP contribution in [0, 0.1) is 10.1 Å². The molecule has 0 fully saturated rings. The number of nitro groups is 1. The Kier molecular flexibility index (Phi) is 3.52. The Bertz CT molecular complexity index is 1100. The molecule has 12 heteroatoms. The van der Waals surface area contributed by atoms with Crippen LogP contribution >= 0.6 is 0 Å². The van der Waals surface area contributed by atoms with Crippen LogP contribution in [-0.4, -0.2) is 38.9 Å². The molecule has 0 bridgehead atoms. The highest BCUT2D eigenvalue weighted by molar-refractivity contribution is 7.92. The third-order valence-electron chi connectivity index (χ3n) is 3.03. The van der Waals surface area contributed by atoms with E-state index in [0.29, 0.717) is 0 Å². The summed E-state index contributed by atoms with van der Waals surface area (Å²) in [4.78, 5) is 30.7. The number of nitro benzene ring substituents is 1. The summed E-state index contributed by atoms with van der Waals surface area (Å²) >= 11 is 0. The molecule has 11 nitrogen and oxygen atoms in total. The van der Waals surface area contributed by atoms with E-state index in [0.717, 1.165) is 10.9 Å². The SMILES string of the molecule is CS(=O)(=O)Nc1nc2ccc([N+](=O)[O-])cc2n(-n2ccnc2)c1=O. The van der Waals surface area contributed by atoms with E-state index in [4.69, 9.17) is 0 Å². The topological polar surface area (TPSA) is 142 Å². The Morgan fingerprint density at radius 2 is 2.08 bits per heavy atom. The van der Waals surface area contributed by atoms with E-state index in [9.17, 15) is 23.3 Å². The van der Waals surface area contributed by atoms with Crippen LogP contribution in [0.4, 0.5) is 11.5 Å². The fraction of sp³-hybridized carbons (Fsp3) is 0.0833. The van der Waals surface area contributed by atoms with Crippen LogP contribution in [-0.2, 0) is 10.0 Å². The van der Waals surface area contributed by atoms with Crippen molar-refractivity contribution in [1.29, 1.82) is 0 Å². The third-order valence-corrected chi connectivity index (χ3v) is 3.59. The van der Waals surface area contributed by atoms with E-state index >= 15 is 0 Å². The number of non-ortho nitro benzene ring substituents is 1. The molecule has 0 spiro atoms. The lowest BCUT2D eigenvalue weighted by Gasteiger charge is -2.12. The van der Waals surface area contributed by atoms with Crippen molar-refractivity contribution in [2.45, 2.75) is 0 Å². The molecule has 0 saturated carbocycles.